The van der Waals surface area contributed by atoms with Gasteiger partial charge in [0.1, 0.15) is 5.82 Å². The van der Waals surface area contributed by atoms with E-state index in [4.69, 9.17) is 14.5 Å². The van der Waals surface area contributed by atoms with Crippen LogP contribution in [0.5, 0.6) is 11.5 Å². The van der Waals surface area contributed by atoms with Crippen LogP contribution in [0.1, 0.15) is 25.0 Å². The zero-order valence-corrected chi connectivity index (χ0v) is 18.4. The van der Waals surface area contributed by atoms with Crippen LogP contribution in [0.25, 0.3) is 0 Å². The summed E-state index contributed by atoms with van der Waals surface area (Å²) in [6.07, 6.45) is 3.73. The topological polar surface area (TPSA) is 71.0 Å². The molecule has 2 aliphatic heterocycles. The summed E-state index contributed by atoms with van der Waals surface area (Å²) in [6, 6.07) is 9.43. The fourth-order valence-electron chi connectivity index (χ4n) is 4.09. The Hall–Kier alpha value is -3.03. The molecule has 2 aliphatic rings. The van der Waals surface area contributed by atoms with Crippen molar-refractivity contribution in [3.8, 4) is 11.5 Å². The summed E-state index contributed by atoms with van der Waals surface area (Å²) in [6.45, 7) is 6.82. The first kappa shape index (κ1) is 21.2. The number of piperazine rings is 1. The summed E-state index contributed by atoms with van der Waals surface area (Å²) in [5, 5.41) is 0. The molecule has 166 valence electrons. The Morgan fingerprint density at radius 2 is 1.65 bits per heavy atom. The molecule has 2 fully saturated rings. The zero-order valence-electron chi connectivity index (χ0n) is 18.4. The predicted molar refractivity (Wildman–Crippen MR) is 120 cm³/mol. The second-order valence-corrected chi connectivity index (χ2v) is 8.02. The highest BCUT2D eigenvalue weighted by Gasteiger charge is 2.24. The van der Waals surface area contributed by atoms with Crippen LogP contribution in [0.4, 0.5) is 11.8 Å². The van der Waals surface area contributed by atoms with Gasteiger partial charge in [0.05, 0.1) is 7.11 Å². The summed E-state index contributed by atoms with van der Waals surface area (Å²) >= 11 is 0. The van der Waals surface area contributed by atoms with Crippen molar-refractivity contribution < 1.29 is 14.3 Å². The molecule has 0 aliphatic carbocycles. The van der Waals surface area contributed by atoms with Gasteiger partial charge in [-0.25, -0.2) is 4.98 Å². The van der Waals surface area contributed by atoms with Gasteiger partial charge in [0, 0.05) is 51.0 Å². The predicted octanol–water partition coefficient (Wildman–Crippen LogP) is 2.51. The van der Waals surface area contributed by atoms with Crippen molar-refractivity contribution in [2.45, 2.75) is 26.2 Å². The first-order chi connectivity index (χ1) is 15.1. The minimum Gasteiger partial charge on any atom is -0.493 e. The Labute approximate surface area is 183 Å². The number of carbonyl (C=O) groups is 1. The number of hydrogen-bond donors (Lipinski definition) is 0. The molecule has 8 heteroatoms. The van der Waals surface area contributed by atoms with E-state index in [0.29, 0.717) is 37.7 Å². The fraction of sp³-hybridized carbons (Fsp3) is 0.522. The lowest BCUT2D eigenvalue weighted by Gasteiger charge is -2.35. The van der Waals surface area contributed by atoms with E-state index in [-0.39, 0.29) is 12.5 Å². The maximum Gasteiger partial charge on any atom is 0.260 e. The second-order valence-electron chi connectivity index (χ2n) is 8.02. The summed E-state index contributed by atoms with van der Waals surface area (Å²) < 4.78 is 11.0. The number of ether oxygens (including phenoxy) is 2. The maximum absolute atomic E-state index is 12.6. The first-order valence-electron chi connectivity index (χ1n) is 11.0. The number of para-hydroxylation sites is 2. The SMILES string of the molecule is COc1ccccc1OCC(=O)N1CCN(c2nc(C)cc(N3CCCCC3)n2)CC1. The molecule has 0 atom stereocenters. The molecule has 1 aromatic carbocycles. The Bertz CT molecular complexity index is 893. The van der Waals surface area contributed by atoms with Gasteiger partial charge in [-0.2, -0.15) is 4.98 Å². The molecule has 1 amide bonds. The Morgan fingerprint density at radius 1 is 0.935 bits per heavy atom. The van der Waals surface area contributed by atoms with Crippen LogP contribution in [0.15, 0.2) is 30.3 Å². The van der Waals surface area contributed by atoms with Gasteiger partial charge in [0.15, 0.2) is 18.1 Å². The molecule has 0 N–H and O–H groups in total. The number of carbonyl (C=O) groups excluding carboxylic acids is 1. The Morgan fingerprint density at radius 3 is 2.35 bits per heavy atom. The van der Waals surface area contributed by atoms with Gasteiger partial charge < -0.3 is 24.2 Å². The van der Waals surface area contributed by atoms with Crippen LogP contribution in [-0.4, -0.2) is 73.8 Å². The minimum atomic E-state index is -0.0234. The number of piperidine rings is 1. The van der Waals surface area contributed by atoms with E-state index in [1.165, 1.54) is 19.3 Å². The minimum absolute atomic E-state index is 0.000423. The number of benzene rings is 1. The van der Waals surface area contributed by atoms with Crippen LogP contribution in [0.3, 0.4) is 0 Å². The van der Waals surface area contributed by atoms with Crippen molar-refractivity contribution in [1.29, 1.82) is 0 Å². The van der Waals surface area contributed by atoms with Crippen molar-refractivity contribution in [1.82, 2.24) is 14.9 Å². The molecule has 0 radical (unpaired) electrons. The van der Waals surface area contributed by atoms with Gasteiger partial charge in [0.2, 0.25) is 5.95 Å². The maximum atomic E-state index is 12.6. The number of nitrogens with zero attached hydrogens (tertiary/aromatic N) is 5. The third-order valence-electron chi connectivity index (χ3n) is 5.84. The third kappa shape index (κ3) is 5.18. The van der Waals surface area contributed by atoms with Crippen LogP contribution >= 0.6 is 0 Å². The summed E-state index contributed by atoms with van der Waals surface area (Å²) in [4.78, 5) is 28.5. The van der Waals surface area contributed by atoms with Crippen molar-refractivity contribution in [2.75, 3.05) is 62.8 Å². The van der Waals surface area contributed by atoms with Crippen LogP contribution in [0.2, 0.25) is 0 Å². The van der Waals surface area contributed by atoms with Crippen molar-refractivity contribution in [3.63, 3.8) is 0 Å². The number of hydrogen-bond acceptors (Lipinski definition) is 7. The molecule has 2 saturated heterocycles. The molecular weight excluding hydrogens is 394 g/mol. The lowest BCUT2D eigenvalue weighted by molar-refractivity contribution is -0.133. The van der Waals surface area contributed by atoms with Gasteiger partial charge in [-0.1, -0.05) is 12.1 Å². The molecule has 0 spiro atoms. The number of methoxy groups -OCH3 is 1. The summed E-state index contributed by atoms with van der Waals surface area (Å²) in [5.74, 6) is 2.96. The lowest BCUT2D eigenvalue weighted by Crippen LogP contribution is -2.50. The van der Waals surface area contributed by atoms with E-state index < -0.39 is 0 Å². The molecule has 0 bridgehead atoms. The quantitative estimate of drug-likeness (QED) is 0.704. The fourth-order valence-corrected chi connectivity index (χ4v) is 4.09. The normalized spacial score (nSPS) is 16.9. The van der Waals surface area contributed by atoms with E-state index in [1.54, 1.807) is 13.2 Å². The number of anilines is 2. The smallest absolute Gasteiger partial charge is 0.260 e. The summed E-state index contributed by atoms with van der Waals surface area (Å²) in [5.41, 5.74) is 0.981. The van der Waals surface area contributed by atoms with Gasteiger partial charge in [0.25, 0.3) is 5.91 Å². The van der Waals surface area contributed by atoms with E-state index in [1.807, 2.05) is 30.0 Å². The average molecular weight is 426 g/mol. The molecule has 8 nitrogen and oxygen atoms in total. The highest BCUT2D eigenvalue weighted by Crippen LogP contribution is 2.26. The molecule has 3 heterocycles. The van der Waals surface area contributed by atoms with E-state index >= 15 is 0 Å². The van der Waals surface area contributed by atoms with Gasteiger partial charge in [-0.15, -0.1) is 0 Å². The van der Waals surface area contributed by atoms with Crippen molar-refractivity contribution in [2.24, 2.45) is 0 Å². The van der Waals surface area contributed by atoms with Crippen LogP contribution in [-0.2, 0) is 4.79 Å². The Kier molecular flexibility index (Phi) is 6.74. The van der Waals surface area contributed by atoms with Gasteiger partial charge in [-0.3, -0.25) is 4.79 Å². The third-order valence-corrected chi connectivity index (χ3v) is 5.84. The van der Waals surface area contributed by atoms with Crippen LogP contribution < -0.4 is 19.3 Å². The monoisotopic (exact) mass is 425 g/mol. The van der Waals surface area contributed by atoms with Gasteiger partial charge >= 0.3 is 0 Å². The Balaban J connectivity index is 1.33. The number of rotatable bonds is 6. The standard InChI is InChI=1S/C23H31N5O3/c1-18-16-21(26-10-6-3-7-11-26)25-23(24-18)28-14-12-27(13-15-28)22(29)17-31-20-9-5-4-8-19(20)30-2/h4-5,8-9,16H,3,6-7,10-15,17H2,1-2H3. The van der Waals surface area contributed by atoms with Crippen molar-refractivity contribution in [3.05, 3.63) is 36.0 Å². The molecule has 0 saturated carbocycles. The lowest BCUT2D eigenvalue weighted by atomic mass is 10.1. The average Bonchev–Trinajstić information content (AvgIpc) is 2.83. The highest BCUT2D eigenvalue weighted by atomic mass is 16.5. The van der Waals surface area contributed by atoms with Crippen molar-refractivity contribution >= 4 is 17.7 Å². The zero-order chi connectivity index (χ0) is 21.6. The largest absolute Gasteiger partial charge is 0.493 e. The highest BCUT2D eigenvalue weighted by molar-refractivity contribution is 5.78. The summed E-state index contributed by atoms with van der Waals surface area (Å²) in [7, 11) is 1.59. The van der Waals surface area contributed by atoms with E-state index in [0.717, 1.165) is 30.5 Å². The molecule has 31 heavy (non-hydrogen) atoms. The molecular formula is C23H31N5O3. The number of aryl methyl sites for hydroxylation is 1. The molecule has 2 aromatic rings. The van der Waals surface area contributed by atoms with Gasteiger partial charge in [-0.05, 0) is 38.3 Å². The first-order valence-corrected chi connectivity index (χ1v) is 11.0. The second kappa shape index (κ2) is 9.85. The number of aromatic nitrogens is 2. The molecule has 0 unspecified atom stereocenters. The molecule has 1 aromatic heterocycles. The van der Waals surface area contributed by atoms with E-state index in [2.05, 4.69) is 20.9 Å². The van der Waals surface area contributed by atoms with Crippen LogP contribution in [0, 0.1) is 6.92 Å². The number of amides is 1. The molecule has 4 rings (SSSR count). The van der Waals surface area contributed by atoms with E-state index in [9.17, 15) is 4.79 Å².